The van der Waals surface area contributed by atoms with Crippen molar-refractivity contribution in [3.05, 3.63) is 71.8 Å². The van der Waals surface area contributed by atoms with E-state index >= 15 is 0 Å². The molecule has 2 N–H and O–H groups in total. The number of ether oxygens (including phenoxy) is 10. The van der Waals surface area contributed by atoms with Crippen LogP contribution in [-0.2, 0) is 76.1 Å². The van der Waals surface area contributed by atoms with Crippen molar-refractivity contribution in [3.63, 3.8) is 0 Å². The molecule has 66 heavy (non-hydrogen) atoms. The molecule has 0 unspecified atom stereocenters. The van der Waals surface area contributed by atoms with Crippen molar-refractivity contribution in [3.8, 4) is 0 Å². The third-order valence-electron chi connectivity index (χ3n) is 9.62. The van der Waals surface area contributed by atoms with Gasteiger partial charge in [-0.25, -0.2) is 14.4 Å². The molecule has 1 amide bonds. The van der Waals surface area contributed by atoms with E-state index in [2.05, 4.69) is 0 Å². The molecule has 0 aromatic heterocycles. The third kappa shape index (κ3) is 14.1. The summed E-state index contributed by atoms with van der Waals surface area (Å²) in [6, 6.07) is 13.0. The number of esters is 7. The van der Waals surface area contributed by atoms with Gasteiger partial charge in [0.1, 0.15) is 36.5 Å². The van der Waals surface area contributed by atoms with Crippen molar-refractivity contribution in [2.24, 2.45) is 0 Å². The predicted octanol–water partition coefficient (Wildman–Crippen LogP) is 2.36. The number of thioether (sulfide) groups is 1. The van der Waals surface area contributed by atoms with Gasteiger partial charge in [0, 0.05) is 27.7 Å². The minimum absolute atomic E-state index is 0.0369. The van der Waals surface area contributed by atoms with E-state index in [-0.39, 0.29) is 16.9 Å². The minimum atomic E-state index is -5.60. The van der Waals surface area contributed by atoms with E-state index in [1.54, 1.807) is 48.6 Å². The molecule has 0 aliphatic carbocycles. The highest BCUT2D eigenvalue weighted by atomic mass is 32.2. The first kappa shape index (κ1) is 52.8. The summed E-state index contributed by atoms with van der Waals surface area (Å²) in [5, 5.41) is 13.6. The molecular formula is C42H48F3NO19S. The number of hydrogen-bond acceptors (Lipinski definition) is 20. The van der Waals surface area contributed by atoms with E-state index in [0.29, 0.717) is 0 Å². The quantitative estimate of drug-likeness (QED) is 0.160. The van der Waals surface area contributed by atoms with Crippen molar-refractivity contribution in [2.45, 2.75) is 113 Å². The average Bonchev–Trinajstić information content (AvgIpc) is 3.26. The van der Waals surface area contributed by atoms with Crippen LogP contribution in [0.5, 0.6) is 0 Å². The van der Waals surface area contributed by atoms with Crippen LogP contribution in [0.4, 0.5) is 13.2 Å². The molecule has 0 radical (unpaired) electrons. The Morgan fingerprint density at radius 3 is 1.86 bits per heavy atom. The highest BCUT2D eigenvalue weighted by Gasteiger charge is 2.61. The fraction of sp³-hybridized carbons (Fsp3) is 0.524. The van der Waals surface area contributed by atoms with Crippen molar-refractivity contribution >= 4 is 59.5 Å². The van der Waals surface area contributed by atoms with E-state index in [9.17, 15) is 56.6 Å². The van der Waals surface area contributed by atoms with E-state index < -0.39 is 140 Å². The van der Waals surface area contributed by atoms with Gasteiger partial charge in [-0.15, -0.1) is 11.8 Å². The van der Waals surface area contributed by atoms with E-state index in [1.165, 1.54) is 24.3 Å². The van der Waals surface area contributed by atoms with Crippen LogP contribution in [0.15, 0.2) is 60.7 Å². The zero-order chi connectivity index (χ0) is 48.9. The molecule has 24 heteroatoms. The maximum absolute atomic E-state index is 14.0. The molecule has 2 aliphatic heterocycles. The highest BCUT2D eigenvalue weighted by molar-refractivity contribution is 7.99. The second-order valence-electron chi connectivity index (χ2n) is 14.5. The number of carbonyl (C=O) groups excluding carboxylic acids is 8. The first-order valence-corrected chi connectivity index (χ1v) is 21.1. The van der Waals surface area contributed by atoms with Gasteiger partial charge in [-0.3, -0.25) is 24.0 Å². The van der Waals surface area contributed by atoms with E-state index in [0.717, 1.165) is 46.6 Å². The predicted molar refractivity (Wildman–Crippen MR) is 216 cm³/mol. The van der Waals surface area contributed by atoms with Crippen LogP contribution in [0.2, 0.25) is 0 Å². The standard InChI is InChI=1S/C42H48F3NO19S/c1-7-66-38-35(64-37(53)26-16-12-9-13-17-26)34(63-36(52)25-14-10-8-11-15-25)31(51)28(62-38)20-58-41(40(55)56-6)18-27(59-22(3)48)30(46-39(54)42(43,44)45)33(65-41)32(61-24(5)50)29(60-23(4)49)19-57-21(2)47/h8-17,27-35,38,51H,7,18-20H2,1-6H3,(H,46,54)/t27-,28+,29+,30+,31-,32+,33+,34-,35+,38-,41+/m0/s1. The molecule has 0 bridgehead atoms. The average molecular weight is 960 g/mol. The third-order valence-corrected chi connectivity index (χ3v) is 10.7. The lowest BCUT2D eigenvalue weighted by molar-refractivity contribution is -0.324. The first-order chi connectivity index (χ1) is 31.1. The Labute approximate surface area is 379 Å². The van der Waals surface area contributed by atoms with Gasteiger partial charge >= 0.3 is 53.9 Å². The number of hydrogen-bond donors (Lipinski definition) is 2. The molecule has 2 fully saturated rings. The summed E-state index contributed by atoms with van der Waals surface area (Å²) < 4.78 is 97.6. The maximum Gasteiger partial charge on any atom is 0.471 e. The number of aliphatic hydroxyl groups is 1. The number of alkyl halides is 3. The molecule has 2 saturated heterocycles. The zero-order valence-electron chi connectivity index (χ0n) is 36.2. The molecule has 2 heterocycles. The Balaban J connectivity index is 1.84. The van der Waals surface area contributed by atoms with Crippen molar-refractivity contribution < 1.29 is 104 Å². The van der Waals surface area contributed by atoms with Crippen LogP contribution in [0.25, 0.3) is 0 Å². The Morgan fingerprint density at radius 2 is 1.38 bits per heavy atom. The Hall–Kier alpha value is -5.82. The number of carbonyl (C=O) groups is 8. The zero-order valence-corrected chi connectivity index (χ0v) is 37.0. The van der Waals surface area contributed by atoms with Gasteiger partial charge in [-0.1, -0.05) is 43.3 Å². The Morgan fingerprint density at radius 1 is 0.818 bits per heavy atom. The first-order valence-electron chi connectivity index (χ1n) is 20.0. The number of methoxy groups -OCH3 is 1. The molecule has 362 valence electrons. The number of benzene rings is 2. The van der Waals surface area contributed by atoms with Gasteiger partial charge in [0.25, 0.3) is 5.79 Å². The second-order valence-corrected chi connectivity index (χ2v) is 15.8. The molecule has 20 nitrogen and oxygen atoms in total. The van der Waals surface area contributed by atoms with Gasteiger partial charge in [-0.05, 0) is 30.0 Å². The summed E-state index contributed by atoms with van der Waals surface area (Å²) in [4.78, 5) is 103. The number of aliphatic hydroxyl groups excluding tert-OH is 1. The Kier molecular flexibility index (Phi) is 18.9. The summed E-state index contributed by atoms with van der Waals surface area (Å²) in [6.07, 6.45) is -22.1. The van der Waals surface area contributed by atoms with Gasteiger partial charge in [0.05, 0.1) is 37.3 Å². The molecule has 0 spiro atoms. The molecule has 2 aliphatic rings. The fourth-order valence-corrected chi connectivity index (χ4v) is 7.83. The highest BCUT2D eigenvalue weighted by Crippen LogP contribution is 2.39. The van der Waals surface area contributed by atoms with Gasteiger partial charge < -0.3 is 57.8 Å². The minimum Gasteiger partial charge on any atom is -0.465 e. The van der Waals surface area contributed by atoms with Crippen LogP contribution in [-0.4, -0.2) is 151 Å². The molecule has 2 aromatic carbocycles. The monoisotopic (exact) mass is 959 g/mol. The number of rotatable bonds is 18. The van der Waals surface area contributed by atoms with E-state index in [4.69, 9.17) is 47.4 Å². The summed E-state index contributed by atoms with van der Waals surface area (Å²) in [6.45, 7) is 3.26. The Bertz CT molecular complexity index is 2040. The lowest BCUT2D eigenvalue weighted by Crippen LogP contribution is -2.70. The lowest BCUT2D eigenvalue weighted by atomic mass is 9.87. The van der Waals surface area contributed by atoms with Crippen LogP contribution >= 0.6 is 11.8 Å². The molecule has 4 rings (SSSR count). The van der Waals surface area contributed by atoms with Crippen molar-refractivity contribution in [1.29, 1.82) is 0 Å². The second kappa shape index (κ2) is 23.6. The molecule has 0 saturated carbocycles. The number of nitrogens with one attached hydrogen (secondary N) is 1. The summed E-state index contributed by atoms with van der Waals surface area (Å²) >= 11 is 1.05. The van der Waals surface area contributed by atoms with Gasteiger partial charge in [-0.2, -0.15) is 13.2 Å². The smallest absolute Gasteiger partial charge is 0.465 e. The van der Waals surface area contributed by atoms with Crippen LogP contribution in [0, 0.1) is 0 Å². The summed E-state index contributed by atoms with van der Waals surface area (Å²) in [5.41, 5.74) is -1.11. The largest absolute Gasteiger partial charge is 0.471 e. The number of amides is 1. The summed E-state index contributed by atoms with van der Waals surface area (Å²) in [7, 11) is 0.834. The van der Waals surface area contributed by atoms with E-state index in [1.807, 2.05) is 0 Å². The number of halogens is 3. The topological polar surface area (TPSA) is 261 Å². The van der Waals surface area contributed by atoms with Crippen molar-refractivity contribution in [1.82, 2.24) is 5.32 Å². The van der Waals surface area contributed by atoms with Crippen molar-refractivity contribution in [2.75, 3.05) is 26.1 Å². The summed E-state index contributed by atoms with van der Waals surface area (Å²) in [5.74, 6) is -13.1. The van der Waals surface area contributed by atoms with Gasteiger partial charge in [0.15, 0.2) is 24.4 Å². The lowest BCUT2D eigenvalue weighted by Gasteiger charge is -2.49. The van der Waals surface area contributed by atoms with Gasteiger partial charge in [0.2, 0.25) is 0 Å². The molecule has 11 atom stereocenters. The van der Waals surface area contributed by atoms with Crippen LogP contribution in [0.3, 0.4) is 0 Å². The van der Waals surface area contributed by atoms with Crippen LogP contribution < -0.4 is 5.32 Å². The maximum atomic E-state index is 14.0. The fourth-order valence-electron chi connectivity index (χ4n) is 6.88. The van der Waals surface area contributed by atoms with Crippen LogP contribution in [0.1, 0.15) is 61.8 Å². The SMILES string of the molecule is CCS[C@@H]1O[C@H](CO[C@]2(C(=O)OC)C[C@H](OC(C)=O)[C@@H](NC(=O)C(F)(F)F)[C@H]([C@H](OC(C)=O)[C@@H](COC(C)=O)OC(C)=O)O2)[C@H](O)[C@H](OC(=O)c2ccccc2)[C@H]1OC(=O)c1ccccc1. The molecular weight excluding hydrogens is 912 g/mol. The molecule has 2 aromatic rings. The normalized spacial score (nSPS) is 26.0.